The fraction of sp³-hybridized carbons (Fsp3) is 0.182. The summed E-state index contributed by atoms with van der Waals surface area (Å²) in [6.45, 7) is 4.58. The van der Waals surface area contributed by atoms with Crippen LogP contribution in [0.25, 0.3) is 6.08 Å². The zero-order chi connectivity index (χ0) is 19.8. The molecule has 0 amide bonds. The van der Waals surface area contributed by atoms with Crippen molar-refractivity contribution in [2.75, 3.05) is 26.4 Å². The van der Waals surface area contributed by atoms with E-state index in [1.807, 2.05) is 12.1 Å². The highest BCUT2D eigenvalue weighted by molar-refractivity contribution is 5.99. The number of rotatable bonds is 8. The van der Waals surface area contributed by atoms with Crippen LogP contribution in [-0.4, -0.2) is 38.2 Å². The summed E-state index contributed by atoms with van der Waals surface area (Å²) in [5.74, 6) is 0.914. The van der Waals surface area contributed by atoms with Crippen molar-refractivity contribution in [3.63, 3.8) is 0 Å². The SMILES string of the molecule is C=CCOc1ccc(/C=C/C(=O)OCC(=O)c2ccc3c(c2)OCCO3)cc1. The van der Waals surface area contributed by atoms with Gasteiger partial charge in [-0.3, -0.25) is 4.79 Å². The fourth-order valence-corrected chi connectivity index (χ4v) is 2.48. The lowest BCUT2D eigenvalue weighted by atomic mass is 10.1. The lowest BCUT2D eigenvalue weighted by molar-refractivity contribution is -0.136. The number of esters is 1. The molecule has 0 N–H and O–H groups in total. The second kappa shape index (κ2) is 9.41. The van der Waals surface area contributed by atoms with E-state index in [2.05, 4.69) is 6.58 Å². The zero-order valence-corrected chi connectivity index (χ0v) is 15.3. The predicted molar refractivity (Wildman–Crippen MR) is 104 cm³/mol. The van der Waals surface area contributed by atoms with E-state index in [1.165, 1.54) is 6.08 Å². The number of ketones is 1. The van der Waals surface area contributed by atoms with Crippen LogP contribution in [0.4, 0.5) is 0 Å². The molecule has 28 heavy (non-hydrogen) atoms. The molecular formula is C22H20O6. The Labute approximate surface area is 163 Å². The van der Waals surface area contributed by atoms with Gasteiger partial charge in [0.25, 0.3) is 0 Å². The van der Waals surface area contributed by atoms with E-state index < -0.39 is 5.97 Å². The van der Waals surface area contributed by atoms with Gasteiger partial charge in [0.05, 0.1) is 0 Å². The van der Waals surface area contributed by atoms with Gasteiger partial charge in [0, 0.05) is 11.6 Å². The third-order valence-electron chi connectivity index (χ3n) is 3.87. The monoisotopic (exact) mass is 380 g/mol. The van der Waals surface area contributed by atoms with E-state index in [9.17, 15) is 9.59 Å². The first-order chi connectivity index (χ1) is 13.7. The number of hydrogen-bond donors (Lipinski definition) is 0. The van der Waals surface area contributed by atoms with Crippen LogP contribution < -0.4 is 14.2 Å². The summed E-state index contributed by atoms with van der Waals surface area (Å²) in [4.78, 5) is 24.1. The maximum atomic E-state index is 12.2. The first-order valence-electron chi connectivity index (χ1n) is 8.77. The molecule has 0 spiro atoms. The van der Waals surface area contributed by atoms with E-state index in [-0.39, 0.29) is 12.4 Å². The quantitative estimate of drug-likeness (QED) is 0.302. The van der Waals surface area contributed by atoms with E-state index >= 15 is 0 Å². The van der Waals surface area contributed by atoms with Gasteiger partial charge in [-0.1, -0.05) is 24.8 Å². The minimum absolute atomic E-state index is 0.317. The summed E-state index contributed by atoms with van der Waals surface area (Å²) in [5, 5.41) is 0. The first-order valence-corrected chi connectivity index (χ1v) is 8.77. The predicted octanol–water partition coefficient (Wildman–Crippen LogP) is 3.46. The van der Waals surface area contributed by atoms with Crippen LogP contribution in [0.15, 0.2) is 61.2 Å². The van der Waals surface area contributed by atoms with Gasteiger partial charge in [-0.05, 0) is 42.0 Å². The molecule has 6 heteroatoms. The smallest absolute Gasteiger partial charge is 0.331 e. The third-order valence-corrected chi connectivity index (χ3v) is 3.87. The number of carbonyl (C=O) groups excluding carboxylic acids is 2. The Bertz CT molecular complexity index is 882. The van der Waals surface area contributed by atoms with Crippen LogP contribution in [0, 0.1) is 0 Å². The number of fused-ring (bicyclic) bond motifs is 1. The summed E-state index contributed by atoms with van der Waals surface area (Å²) >= 11 is 0. The van der Waals surface area contributed by atoms with Crippen LogP contribution >= 0.6 is 0 Å². The van der Waals surface area contributed by atoms with E-state index in [1.54, 1.807) is 42.5 Å². The van der Waals surface area contributed by atoms with Crippen molar-refractivity contribution in [3.8, 4) is 17.2 Å². The molecular weight excluding hydrogens is 360 g/mol. The molecule has 0 saturated heterocycles. The van der Waals surface area contributed by atoms with Crippen molar-refractivity contribution in [1.82, 2.24) is 0 Å². The maximum Gasteiger partial charge on any atom is 0.331 e. The second-order valence-electron chi connectivity index (χ2n) is 5.89. The molecule has 1 aliphatic rings. The van der Waals surface area contributed by atoms with Gasteiger partial charge >= 0.3 is 5.97 Å². The number of Topliss-reactive ketones (excluding diaryl/α,β-unsaturated/α-hetero) is 1. The van der Waals surface area contributed by atoms with E-state index in [0.717, 1.165) is 5.56 Å². The van der Waals surface area contributed by atoms with Gasteiger partial charge in [-0.2, -0.15) is 0 Å². The molecule has 3 rings (SSSR count). The third kappa shape index (κ3) is 5.23. The highest BCUT2D eigenvalue weighted by Gasteiger charge is 2.15. The maximum absolute atomic E-state index is 12.2. The molecule has 0 bridgehead atoms. The molecule has 0 saturated carbocycles. The average molecular weight is 380 g/mol. The number of hydrogen-bond acceptors (Lipinski definition) is 6. The summed E-state index contributed by atoms with van der Waals surface area (Å²) < 4.78 is 21.3. The highest BCUT2D eigenvalue weighted by Crippen LogP contribution is 2.30. The molecule has 0 unspecified atom stereocenters. The molecule has 0 fully saturated rings. The first kappa shape index (κ1) is 19.2. The fourth-order valence-electron chi connectivity index (χ4n) is 2.48. The van der Waals surface area contributed by atoms with Crippen molar-refractivity contribution in [3.05, 3.63) is 72.3 Å². The van der Waals surface area contributed by atoms with E-state index in [0.29, 0.717) is 42.6 Å². The van der Waals surface area contributed by atoms with Crippen molar-refractivity contribution in [2.45, 2.75) is 0 Å². The van der Waals surface area contributed by atoms with Crippen molar-refractivity contribution in [1.29, 1.82) is 0 Å². The van der Waals surface area contributed by atoms with E-state index in [4.69, 9.17) is 18.9 Å². The minimum atomic E-state index is -0.599. The molecule has 2 aromatic rings. The van der Waals surface area contributed by atoms with Crippen molar-refractivity contribution < 1.29 is 28.5 Å². The molecule has 0 aromatic heterocycles. The Morgan fingerprint density at radius 3 is 2.54 bits per heavy atom. The van der Waals surface area contributed by atoms with Crippen LogP contribution in [0.3, 0.4) is 0 Å². The topological polar surface area (TPSA) is 71.1 Å². The molecule has 1 heterocycles. The van der Waals surface area contributed by atoms with Crippen LogP contribution in [0.2, 0.25) is 0 Å². The van der Waals surface area contributed by atoms with Gasteiger partial charge < -0.3 is 18.9 Å². The largest absolute Gasteiger partial charge is 0.490 e. The molecule has 2 aromatic carbocycles. The Morgan fingerprint density at radius 2 is 1.79 bits per heavy atom. The Hall–Kier alpha value is -3.54. The number of carbonyl (C=O) groups is 2. The standard InChI is InChI=1S/C22H20O6/c1-2-11-25-18-7-3-16(4-8-18)5-10-22(24)28-15-19(23)17-6-9-20-21(14-17)27-13-12-26-20/h2-10,14H,1,11-13,15H2/b10-5+. The Morgan fingerprint density at radius 1 is 1.04 bits per heavy atom. The van der Waals surface area contributed by atoms with Crippen LogP contribution in [0.1, 0.15) is 15.9 Å². The summed E-state index contributed by atoms with van der Waals surface area (Å²) in [6.07, 6.45) is 4.54. The van der Waals surface area contributed by atoms with Gasteiger partial charge in [-0.25, -0.2) is 4.79 Å². The Kier molecular flexibility index (Phi) is 6.46. The molecule has 144 valence electrons. The molecule has 0 atom stereocenters. The molecule has 0 aliphatic carbocycles. The average Bonchev–Trinajstić information content (AvgIpc) is 2.75. The summed E-state index contributed by atoms with van der Waals surface area (Å²) in [6, 6.07) is 12.1. The molecule has 0 radical (unpaired) electrons. The lowest BCUT2D eigenvalue weighted by Gasteiger charge is -2.18. The van der Waals surface area contributed by atoms with Crippen molar-refractivity contribution in [2.24, 2.45) is 0 Å². The summed E-state index contributed by atoms with van der Waals surface area (Å²) in [5.41, 5.74) is 1.21. The molecule has 1 aliphatic heterocycles. The second-order valence-corrected chi connectivity index (χ2v) is 5.89. The van der Waals surface area contributed by atoms with Crippen molar-refractivity contribution >= 4 is 17.8 Å². The van der Waals surface area contributed by atoms with Crippen LogP contribution in [0.5, 0.6) is 17.2 Å². The minimum Gasteiger partial charge on any atom is -0.490 e. The number of benzene rings is 2. The normalized spacial score (nSPS) is 12.4. The zero-order valence-electron chi connectivity index (χ0n) is 15.3. The van der Waals surface area contributed by atoms with Gasteiger partial charge in [0.15, 0.2) is 23.9 Å². The summed E-state index contributed by atoms with van der Waals surface area (Å²) in [7, 11) is 0. The Balaban J connectivity index is 1.50. The van der Waals surface area contributed by atoms with Gasteiger partial charge in [0.1, 0.15) is 25.6 Å². The molecule has 6 nitrogen and oxygen atoms in total. The van der Waals surface area contributed by atoms with Crippen LogP contribution in [-0.2, 0) is 9.53 Å². The number of ether oxygens (including phenoxy) is 4. The lowest BCUT2D eigenvalue weighted by Crippen LogP contribution is -2.17. The highest BCUT2D eigenvalue weighted by atomic mass is 16.6. The van der Waals surface area contributed by atoms with Gasteiger partial charge in [-0.15, -0.1) is 0 Å². The van der Waals surface area contributed by atoms with Gasteiger partial charge in [0.2, 0.25) is 0 Å².